The zero-order chi connectivity index (χ0) is 23.4. The Kier molecular flexibility index (Phi) is 9.33. The topological polar surface area (TPSA) is 61.8 Å². The lowest BCUT2D eigenvalue weighted by atomic mass is 9.74. The molecule has 7 unspecified atom stereocenters. The minimum atomic E-state index is -0.783. The van der Waals surface area contributed by atoms with Crippen LogP contribution in [0.4, 0.5) is 4.39 Å². The molecule has 0 aromatic heterocycles. The second-order valence-electron chi connectivity index (χ2n) is 11.4. The molecule has 0 aromatic carbocycles. The van der Waals surface area contributed by atoms with Crippen LogP contribution in [0.15, 0.2) is 0 Å². The Balaban J connectivity index is 1.18. The molecule has 2 saturated heterocycles. The first-order chi connectivity index (χ1) is 15.9. The van der Waals surface area contributed by atoms with Gasteiger partial charge in [0, 0.05) is 30.6 Å². The number of likely N-dealkylation sites (tertiary alicyclic amines) is 1. The van der Waals surface area contributed by atoms with E-state index in [1.165, 1.54) is 12.8 Å². The molecular formula is C26H44ClFN2O3. The Labute approximate surface area is 204 Å². The van der Waals surface area contributed by atoms with Gasteiger partial charge in [0.2, 0.25) is 0 Å². The molecule has 2 aliphatic heterocycles. The van der Waals surface area contributed by atoms with E-state index in [9.17, 15) is 4.79 Å². The molecule has 2 saturated carbocycles. The summed E-state index contributed by atoms with van der Waals surface area (Å²) in [5.74, 6) is 0.325. The molecule has 0 aromatic rings. The summed E-state index contributed by atoms with van der Waals surface area (Å²) >= 11 is 6.33. The summed E-state index contributed by atoms with van der Waals surface area (Å²) in [6.07, 6.45) is 10.8. The Hall–Kier alpha value is -0.430. The van der Waals surface area contributed by atoms with Crippen molar-refractivity contribution in [3.63, 3.8) is 0 Å². The largest absolute Gasteiger partial charge is 0.481 e. The van der Waals surface area contributed by atoms with Crippen molar-refractivity contribution in [1.29, 1.82) is 0 Å². The van der Waals surface area contributed by atoms with E-state index in [-0.39, 0.29) is 12.0 Å². The fourth-order valence-electron chi connectivity index (χ4n) is 6.75. The lowest BCUT2D eigenvalue weighted by Crippen LogP contribution is -2.61. The summed E-state index contributed by atoms with van der Waals surface area (Å²) in [5, 5.41) is 13.2. The Bertz CT molecular complexity index is 633. The molecule has 0 bridgehead atoms. The van der Waals surface area contributed by atoms with Crippen molar-refractivity contribution in [2.45, 2.75) is 107 Å². The van der Waals surface area contributed by atoms with Crippen LogP contribution in [-0.4, -0.2) is 72.0 Å². The molecule has 0 radical (unpaired) electrons. The standard InChI is InChI=1S/C26H44ClFN2O3/c1-17(26(31)32)9-11-30-12-10-24-20(15-30)14-23(28)25(29-24)19-5-7-22(8-6-19)33-16-18-3-2-4-21(27)13-18/h17-25,29H,2-16H2,1H3,(H,31,32). The third-order valence-corrected chi connectivity index (χ3v) is 9.35. The summed E-state index contributed by atoms with van der Waals surface area (Å²) in [6, 6.07) is 0.389. The number of ether oxygens (including phenoxy) is 1. The van der Waals surface area contributed by atoms with Crippen molar-refractivity contribution in [2.75, 3.05) is 26.2 Å². The first kappa shape index (κ1) is 25.7. The van der Waals surface area contributed by atoms with Crippen molar-refractivity contribution >= 4 is 17.6 Å². The number of carbonyl (C=O) groups is 1. The fourth-order valence-corrected chi connectivity index (χ4v) is 7.16. The van der Waals surface area contributed by atoms with Crippen LogP contribution < -0.4 is 5.32 Å². The van der Waals surface area contributed by atoms with E-state index in [0.29, 0.717) is 48.1 Å². The Morgan fingerprint density at radius 1 is 1.15 bits per heavy atom. The predicted octanol–water partition coefficient (Wildman–Crippen LogP) is 4.86. The lowest BCUT2D eigenvalue weighted by molar-refractivity contribution is -0.141. The van der Waals surface area contributed by atoms with Crippen LogP contribution in [0.5, 0.6) is 0 Å². The minimum Gasteiger partial charge on any atom is -0.481 e. The summed E-state index contributed by atoms with van der Waals surface area (Å²) in [7, 11) is 0. The van der Waals surface area contributed by atoms with E-state index in [2.05, 4.69) is 10.2 Å². The van der Waals surface area contributed by atoms with Crippen LogP contribution in [0.2, 0.25) is 0 Å². The zero-order valence-electron chi connectivity index (χ0n) is 20.3. The first-order valence-electron chi connectivity index (χ1n) is 13.5. The van der Waals surface area contributed by atoms with Crippen molar-refractivity contribution < 1.29 is 19.0 Å². The summed E-state index contributed by atoms with van der Waals surface area (Å²) < 4.78 is 21.5. The SMILES string of the molecule is CC(CCN1CCC2NC(C3CCC(OCC4CCCC(Cl)C4)CC3)C(F)CC2C1)C(=O)O. The summed E-state index contributed by atoms with van der Waals surface area (Å²) in [5.41, 5.74) is 0. The highest BCUT2D eigenvalue weighted by Gasteiger charge is 2.43. The van der Waals surface area contributed by atoms with Crippen molar-refractivity contribution in [3.05, 3.63) is 0 Å². The maximum Gasteiger partial charge on any atom is 0.306 e. The molecule has 2 N–H and O–H groups in total. The normalized spacial score (nSPS) is 41.3. The number of halogens is 2. The molecule has 4 rings (SSSR count). The van der Waals surface area contributed by atoms with E-state index in [4.69, 9.17) is 21.4 Å². The van der Waals surface area contributed by atoms with E-state index >= 15 is 4.39 Å². The van der Waals surface area contributed by atoms with Gasteiger partial charge in [-0.1, -0.05) is 13.3 Å². The molecule has 33 heavy (non-hydrogen) atoms. The van der Waals surface area contributed by atoms with Crippen molar-refractivity contribution in [2.24, 2.45) is 23.7 Å². The number of carboxylic acid groups (broad SMARTS) is 1. The second kappa shape index (κ2) is 12.0. The quantitative estimate of drug-likeness (QED) is 0.480. The summed E-state index contributed by atoms with van der Waals surface area (Å²) in [4.78, 5) is 13.4. The van der Waals surface area contributed by atoms with Crippen LogP contribution in [0, 0.1) is 23.7 Å². The van der Waals surface area contributed by atoms with E-state index in [1.807, 2.05) is 0 Å². The molecule has 0 amide bonds. The lowest BCUT2D eigenvalue weighted by Gasteiger charge is -2.48. The van der Waals surface area contributed by atoms with Crippen LogP contribution in [0.1, 0.15) is 77.6 Å². The monoisotopic (exact) mass is 486 g/mol. The number of carboxylic acids is 1. The molecule has 0 spiro atoms. The average molecular weight is 487 g/mol. The molecular weight excluding hydrogens is 443 g/mol. The molecule has 2 heterocycles. The third-order valence-electron chi connectivity index (χ3n) is 8.96. The van der Waals surface area contributed by atoms with E-state index < -0.39 is 12.1 Å². The number of alkyl halides is 2. The number of hydrogen-bond donors (Lipinski definition) is 2. The van der Waals surface area contributed by atoms with Gasteiger partial charge in [0.25, 0.3) is 0 Å². The third kappa shape index (κ3) is 7.05. The number of rotatable bonds is 8. The predicted molar refractivity (Wildman–Crippen MR) is 129 cm³/mol. The highest BCUT2D eigenvalue weighted by atomic mass is 35.5. The fraction of sp³-hybridized carbons (Fsp3) is 0.962. The van der Waals surface area contributed by atoms with Gasteiger partial charge >= 0.3 is 5.97 Å². The average Bonchev–Trinajstić information content (AvgIpc) is 2.81. The number of nitrogens with zero attached hydrogens (tertiary/aromatic N) is 1. The van der Waals surface area contributed by atoms with Gasteiger partial charge in [0.15, 0.2) is 0 Å². The van der Waals surface area contributed by atoms with Crippen LogP contribution in [-0.2, 0) is 9.53 Å². The number of piperidine rings is 2. The highest BCUT2D eigenvalue weighted by Crippen LogP contribution is 2.37. The van der Waals surface area contributed by atoms with E-state index in [0.717, 1.165) is 71.2 Å². The molecule has 4 aliphatic rings. The van der Waals surface area contributed by atoms with E-state index in [1.54, 1.807) is 6.92 Å². The molecule has 4 fully saturated rings. The van der Waals surface area contributed by atoms with Gasteiger partial charge in [-0.05, 0) is 95.1 Å². The maximum absolute atomic E-state index is 15.3. The smallest absolute Gasteiger partial charge is 0.306 e. The van der Waals surface area contributed by atoms with Gasteiger partial charge in [-0.2, -0.15) is 0 Å². The van der Waals surface area contributed by atoms with Gasteiger partial charge in [0.1, 0.15) is 6.17 Å². The van der Waals surface area contributed by atoms with Crippen molar-refractivity contribution in [3.8, 4) is 0 Å². The molecule has 5 nitrogen and oxygen atoms in total. The van der Waals surface area contributed by atoms with Crippen LogP contribution >= 0.6 is 11.6 Å². The highest BCUT2D eigenvalue weighted by molar-refractivity contribution is 6.20. The van der Waals surface area contributed by atoms with Crippen LogP contribution in [0.3, 0.4) is 0 Å². The molecule has 2 aliphatic carbocycles. The van der Waals surface area contributed by atoms with Crippen molar-refractivity contribution in [1.82, 2.24) is 10.2 Å². The Morgan fingerprint density at radius 2 is 1.94 bits per heavy atom. The minimum absolute atomic E-state index is 0.0128. The molecule has 7 heteroatoms. The van der Waals surface area contributed by atoms with Gasteiger partial charge in [-0.25, -0.2) is 4.39 Å². The number of fused-ring (bicyclic) bond motifs is 1. The Morgan fingerprint density at radius 3 is 2.67 bits per heavy atom. The number of nitrogens with one attached hydrogen (secondary N) is 1. The zero-order valence-corrected chi connectivity index (χ0v) is 21.0. The van der Waals surface area contributed by atoms with Gasteiger partial charge < -0.3 is 20.1 Å². The number of aliphatic carboxylic acids is 1. The number of hydrogen-bond acceptors (Lipinski definition) is 4. The van der Waals surface area contributed by atoms with Gasteiger partial charge in [-0.15, -0.1) is 11.6 Å². The van der Waals surface area contributed by atoms with Gasteiger partial charge in [0.05, 0.1) is 12.0 Å². The molecule has 7 atom stereocenters. The second-order valence-corrected chi connectivity index (χ2v) is 12.0. The summed E-state index contributed by atoms with van der Waals surface area (Å²) in [6.45, 7) is 5.28. The first-order valence-corrected chi connectivity index (χ1v) is 13.9. The van der Waals surface area contributed by atoms with Crippen LogP contribution in [0.25, 0.3) is 0 Å². The maximum atomic E-state index is 15.3. The van der Waals surface area contributed by atoms with Gasteiger partial charge in [-0.3, -0.25) is 4.79 Å². The molecule has 190 valence electrons.